The topological polar surface area (TPSA) is 59.0 Å². The van der Waals surface area contributed by atoms with E-state index in [1.54, 1.807) is 4.68 Å². The van der Waals surface area contributed by atoms with Crippen molar-refractivity contribution >= 4 is 30.7 Å². The summed E-state index contributed by atoms with van der Waals surface area (Å²) in [4.78, 5) is 11.7. The molecule has 1 saturated heterocycles. The zero-order valence-corrected chi connectivity index (χ0v) is 12.7. The molecule has 0 aromatic carbocycles. The van der Waals surface area contributed by atoms with E-state index in [1.807, 2.05) is 19.4 Å². The zero-order chi connectivity index (χ0) is 12.1. The molecule has 5 nitrogen and oxygen atoms in total. The number of amides is 1. The van der Waals surface area contributed by atoms with Crippen LogP contribution in [-0.2, 0) is 18.3 Å². The van der Waals surface area contributed by atoms with Gasteiger partial charge in [0.1, 0.15) is 0 Å². The van der Waals surface area contributed by atoms with E-state index in [9.17, 15) is 4.79 Å². The van der Waals surface area contributed by atoms with Gasteiger partial charge in [-0.05, 0) is 31.4 Å². The molecule has 0 bridgehead atoms. The molecule has 2 N–H and O–H groups in total. The summed E-state index contributed by atoms with van der Waals surface area (Å²) in [6.07, 6.45) is 7.31. The summed E-state index contributed by atoms with van der Waals surface area (Å²) in [6, 6.07) is 0.310. The minimum atomic E-state index is 0. The molecular weight excluding hydrogens is 287 g/mol. The third kappa shape index (κ3) is 6.27. The van der Waals surface area contributed by atoms with Crippen LogP contribution in [0.3, 0.4) is 0 Å². The molecule has 0 spiro atoms. The number of hydrogen-bond donors (Lipinski definition) is 2. The van der Waals surface area contributed by atoms with E-state index in [-0.39, 0.29) is 30.7 Å². The van der Waals surface area contributed by atoms with Crippen LogP contribution in [0.15, 0.2) is 12.4 Å². The minimum absolute atomic E-state index is 0. The van der Waals surface area contributed by atoms with Crippen molar-refractivity contribution in [3.05, 3.63) is 18.0 Å². The lowest BCUT2D eigenvalue weighted by molar-refractivity contribution is -0.121. The van der Waals surface area contributed by atoms with Crippen LogP contribution in [0.1, 0.15) is 24.8 Å². The molecule has 1 aromatic heterocycles. The highest BCUT2D eigenvalue weighted by Gasteiger charge is 2.14. The van der Waals surface area contributed by atoms with E-state index < -0.39 is 0 Å². The fraction of sp³-hybridized carbons (Fsp3) is 0.667. The lowest BCUT2D eigenvalue weighted by atomic mass is 10.1. The molecule has 7 heteroatoms. The second-order valence-corrected chi connectivity index (χ2v) is 4.63. The normalized spacial score (nSPS) is 18.1. The number of aryl methyl sites for hydroxylation is 2. The van der Waals surface area contributed by atoms with E-state index in [4.69, 9.17) is 0 Å². The maximum Gasteiger partial charge on any atom is 0.220 e. The van der Waals surface area contributed by atoms with Crippen molar-refractivity contribution in [1.82, 2.24) is 20.4 Å². The Morgan fingerprint density at radius 1 is 1.58 bits per heavy atom. The monoisotopic (exact) mass is 308 g/mol. The van der Waals surface area contributed by atoms with Gasteiger partial charge in [0.25, 0.3) is 0 Å². The highest BCUT2D eigenvalue weighted by molar-refractivity contribution is 5.85. The van der Waals surface area contributed by atoms with Crippen LogP contribution in [0.2, 0.25) is 0 Å². The van der Waals surface area contributed by atoms with Crippen LogP contribution < -0.4 is 10.6 Å². The van der Waals surface area contributed by atoms with E-state index in [0.29, 0.717) is 12.5 Å². The van der Waals surface area contributed by atoms with Gasteiger partial charge in [-0.1, -0.05) is 0 Å². The Balaban J connectivity index is 0.00000162. The molecular formula is C12H22Cl2N4O. The fourth-order valence-corrected chi connectivity index (χ4v) is 2.13. The number of nitrogens with zero attached hydrogens (tertiary/aromatic N) is 2. The number of halogens is 2. The molecule has 1 aromatic rings. The van der Waals surface area contributed by atoms with Gasteiger partial charge < -0.3 is 10.6 Å². The number of aromatic nitrogens is 2. The van der Waals surface area contributed by atoms with Gasteiger partial charge in [-0.25, -0.2) is 0 Å². The Kier molecular flexibility index (Phi) is 8.80. The predicted octanol–water partition coefficient (Wildman–Crippen LogP) is 1.06. The van der Waals surface area contributed by atoms with Crippen molar-refractivity contribution in [2.45, 2.75) is 31.7 Å². The number of piperidine rings is 1. The summed E-state index contributed by atoms with van der Waals surface area (Å²) < 4.78 is 1.76. The van der Waals surface area contributed by atoms with E-state index in [0.717, 1.165) is 37.9 Å². The van der Waals surface area contributed by atoms with Crippen molar-refractivity contribution in [3.63, 3.8) is 0 Å². The Morgan fingerprint density at radius 2 is 2.37 bits per heavy atom. The van der Waals surface area contributed by atoms with Crippen LogP contribution in [0.5, 0.6) is 0 Å². The van der Waals surface area contributed by atoms with Gasteiger partial charge in [0.2, 0.25) is 5.91 Å². The van der Waals surface area contributed by atoms with E-state index in [2.05, 4.69) is 15.7 Å². The number of carbonyl (C=O) groups excluding carboxylic acids is 1. The maximum absolute atomic E-state index is 11.7. The quantitative estimate of drug-likeness (QED) is 0.874. The number of carbonyl (C=O) groups is 1. The summed E-state index contributed by atoms with van der Waals surface area (Å²) in [7, 11) is 1.89. The van der Waals surface area contributed by atoms with Gasteiger partial charge in [0, 0.05) is 32.3 Å². The first-order valence-electron chi connectivity index (χ1n) is 6.21. The number of rotatable bonds is 4. The minimum Gasteiger partial charge on any atom is -0.352 e. The van der Waals surface area contributed by atoms with Crippen LogP contribution in [-0.4, -0.2) is 34.8 Å². The Hall–Kier alpha value is -0.780. The van der Waals surface area contributed by atoms with Gasteiger partial charge in [-0.2, -0.15) is 5.10 Å². The summed E-state index contributed by atoms with van der Waals surface area (Å²) in [5.74, 6) is 0.141. The van der Waals surface area contributed by atoms with Crippen LogP contribution in [0.4, 0.5) is 0 Å². The summed E-state index contributed by atoms with van der Waals surface area (Å²) in [6.45, 7) is 1.97. The summed E-state index contributed by atoms with van der Waals surface area (Å²) in [5.41, 5.74) is 1.12. The van der Waals surface area contributed by atoms with Crippen molar-refractivity contribution in [3.8, 4) is 0 Å². The van der Waals surface area contributed by atoms with Crippen molar-refractivity contribution in [2.75, 3.05) is 13.1 Å². The standard InChI is InChI=1S/C12H20N4O.2ClH/c1-16-9-10(7-14-16)4-5-12(17)15-11-3-2-6-13-8-11;;/h7,9,11,13H,2-6,8H2,1H3,(H,15,17);2*1H. The number of hydrogen-bond acceptors (Lipinski definition) is 3. The van der Waals surface area contributed by atoms with Crippen LogP contribution in [0.25, 0.3) is 0 Å². The molecule has 1 fully saturated rings. The molecule has 1 atom stereocenters. The highest BCUT2D eigenvalue weighted by Crippen LogP contribution is 2.04. The van der Waals surface area contributed by atoms with E-state index in [1.165, 1.54) is 0 Å². The first-order chi connectivity index (χ1) is 8.24. The average molecular weight is 309 g/mol. The fourth-order valence-electron chi connectivity index (χ4n) is 2.13. The largest absolute Gasteiger partial charge is 0.352 e. The summed E-state index contributed by atoms with van der Waals surface area (Å²) in [5, 5.41) is 10.4. The van der Waals surface area contributed by atoms with Crippen LogP contribution >= 0.6 is 24.8 Å². The molecule has 1 unspecified atom stereocenters. The van der Waals surface area contributed by atoms with Gasteiger partial charge in [0.15, 0.2) is 0 Å². The smallest absolute Gasteiger partial charge is 0.220 e. The first kappa shape index (κ1) is 18.2. The predicted molar refractivity (Wildman–Crippen MR) is 80.1 cm³/mol. The van der Waals surface area contributed by atoms with Gasteiger partial charge >= 0.3 is 0 Å². The van der Waals surface area contributed by atoms with Crippen LogP contribution in [0, 0.1) is 0 Å². The number of nitrogens with one attached hydrogen (secondary N) is 2. The lowest BCUT2D eigenvalue weighted by Crippen LogP contribution is -2.45. The van der Waals surface area contributed by atoms with Gasteiger partial charge in [-0.15, -0.1) is 24.8 Å². The van der Waals surface area contributed by atoms with Gasteiger partial charge in [-0.3, -0.25) is 9.48 Å². The Morgan fingerprint density at radius 3 is 2.95 bits per heavy atom. The molecule has 0 radical (unpaired) electrons. The van der Waals surface area contributed by atoms with Gasteiger partial charge in [0.05, 0.1) is 6.20 Å². The lowest BCUT2D eigenvalue weighted by Gasteiger charge is -2.23. The molecule has 1 amide bonds. The Labute approximate surface area is 126 Å². The molecule has 2 rings (SSSR count). The van der Waals surface area contributed by atoms with Crippen molar-refractivity contribution in [1.29, 1.82) is 0 Å². The average Bonchev–Trinajstić information content (AvgIpc) is 2.74. The second kappa shape index (κ2) is 9.18. The zero-order valence-electron chi connectivity index (χ0n) is 11.1. The second-order valence-electron chi connectivity index (χ2n) is 4.63. The Bertz CT molecular complexity index is 378. The molecule has 1 aliphatic rings. The first-order valence-corrected chi connectivity index (χ1v) is 6.21. The molecule has 2 heterocycles. The molecule has 19 heavy (non-hydrogen) atoms. The SMILES string of the molecule is Cl.Cl.Cn1cc(CCC(=O)NC2CCCNC2)cn1. The molecule has 110 valence electrons. The third-order valence-electron chi connectivity index (χ3n) is 3.06. The highest BCUT2D eigenvalue weighted by atomic mass is 35.5. The third-order valence-corrected chi connectivity index (χ3v) is 3.06. The summed E-state index contributed by atoms with van der Waals surface area (Å²) >= 11 is 0. The molecule has 1 aliphatic heterocycles. The molecule has 0 saturated carbocycles. The van der Waals surface area contributed by atoms with Crippen molar-refractivity contribution in [2.24, 2.45) is 7.05 Å². The maximum atomic E-state index is 11.7. The van der Waals surface area contributed by atoms with E-state index >= 15 is 0 Å². The molecule has 0 aliphatic carbocycles. The van der Waals surface area contributed by atoms with Crippen molar-refractivity contribution < 1.29 is 4.79 Å².